The summed E-state index contributed by atoms with van der Waals surface area (Å²) in [5.74, 6) is -36.6. The van der Waals surface area contributed by atoms with E-state index in [0.717, 1.165) is 53.1 Å². The van der Waals surface area contributed by atoms with E-state index in [4.69, 9.17) is 4.65 Å². The number of rotatable bonds is 8. The van der Waals surface area contributed by atoms with Crippen LogP contribution in [-0.2, 0) is 30.7 Å². The number of aromatic nitrogens is 4. The van der Waals surface area contributed by atoms with Crippen LogP contribution in [0.2, 0.25) is 0 Å². The Balaban J connectivity index is 0.000000331. The van der Waals surface area contributed by atoms with E-state index in [9.17, 15) is 22.0 Å². The second-order valence-corrected chi connectivity index (χ2v) is 20.4. The van der Waals surface area contributed by atoms with E-state index in [1.165, 1.54) is 40.2 Å². The quantitative estimate of drug-likeness (QED) is 0.0313. The molecular formula is C63H31F15N4OPRh-. The van der Waals surface area contributed by atoms with E-state index in [0.29, 0.717) is 0 Å². The van der Waals surface area contributed by atoms with E-state index < -0.39 is 169 Å². The Morgan fingerprint density at radius 1 is 0.365 bits per heavy atom. The van der Waals surface area contributed by atoms with Crippen LogP contribution in [0, 0.1) is 93.9 Å². The minimum Gasteiger partial charge on any atom is -0.0622 e. The molecule has 0 saturated carbocycles. The summed E-state index contributed by atoms with van der Waals surface area (Å²) in [6.07, 6.45) is 1.69. The Morgan fingerprint density at radius 2 is 0.694 bits per heavy atom. The average molecular weight is 1280 g/mol. The first-order valence-electron chi connectivity index (χ1n) is 24.5. The van der Waals surface area contributed by atoms with E-state index in [1.807, 2.05) is 0 Å². The van der Waals surface area contributed by atoms with Gasteiger partial charge >= 0.3 is 11.3 Å². The van der Waals surface area contributed by atoms with Crippen LogP contribution in [0.5, 0.6) is 0 Å². The smallest absolute Gasteiger partial charge is 0 e. The Morgan fingerprint density at radius 3 is 1.12 bits per heavy atom. The van der Waals surface area contributed by atoms with Gasteiger partial charge in [0, 0.05) is 53.7 Å². The van der Waals surface area contributed by atoms with Gasteiger partial charge in [-0.05, 0) is 71.4 Å². The second-order valence-electron chi connectivity index (χ2n) is 18.2. The molecule has 12 rings (SSSR count). The molecule has 5 nitrogen and oxygen atoms in total. The first-order valence-corrected chi connectivity index (χ1v) is 25.8. The molecular weight excluding hydrogens is 1250 g/mol. The van der Waals surface area contributed by atoms with Crippen LogP contribution in [0.4, 0.5) is 65.9 Å². The van der Waals surface area contributed by atoms with Gasteiger partial charge in [0.2, 0.25) is 17.5 Å². The summed E-state index contributed by atoms with van der Waals surface area (Å²) >= 11 is 0. The summed E-state index contributed by atoms with van der Waals surface area (Å²) in [7, 11) is -0.446. The van der Waals surface area contributed by atoms with Gasteiger partial charge in [0.25, 0.3) is 0 Å². The van der Waals surface area contributed by atoms with Crippen molar-refractivity contribution in [1.29, 1.82) is 0 Å². The normalized spacial score (nSPS) is 11.3. The van der Waals surface area contributed by atoms with Crippen LogP contribution in [-0.4, -0.2) is 14.5 Å². The third kappa shape index (κ3) is 11.0. The minimum atomic E-state index is -2.60. The summed E-state index contributed by atoms with van der Waals surface area (Å²) < 4.78 is 237. The fourth-order valence-electron chi connectivity index (χ4n) is 9.65. The molecule has 7 aromatic carbocycles. The predicted octanol–water partition coefficient (Wildman–Crippen LogP) is 16.3. The molecule has 0 saturated heterocycles. The van der Waals surface area contributed by atoms with Crippen molar-refractivity contribution in [2.45, 2.75) is 6.54 Å². The van der Waals surface area contributed by atoms with Crippen molar-refractivity contribution in [3.05, 3.63) is 269 Å². The minimum absolute atomic E-state index is 0. The van der Waals surface area contributed by atoms with Crippen LogP contribution in [0.1, 0.15) is 17.0 Å². The van der Waals surface area contributed by atoms with Gasteiger partial charge in [-0.1, -0.05) is 133 Å². The van der Waals surface area contributed by atoms with Crippen molar-refractivity contribution < 1.29 is 90.0 Å². The Kier molecular flexibility index (Phi) is 17.9. The Bertz CT molecular complexity index is 4380. The second kappa shape index (κ2) is 25.1. The van der Waals surface area contributed by atoms with Crippen LogP contribution in [0.3, 0.4) is 0 Å². The molecule has 8 bridgehead atoms. The van der Waals surface area contributed by atoms with Crippen molar-refractivity contribution in [3.63, 3.8) is 0 Å². The van der Waals surface area contributed by atoms with Gasteiger partial charge < -0.3 is 14.5 Å². The van der Waals surface area contributed by atoms with Crippen LogP contribution >= 0.6 is 7.92 Å². The summed E-state index contributed by atoms with van der Waals surface area (Å²) in [4.78, 5) is 11.2. The van der Waals surface area contributed by atoms with Crippen molar-refractivity contribution >= 4 is 69.1 Å². The van der Waals surface area contributed by atoms with Crippen molar-refractivity contribution in [2.24, 2.45) is 0 Å². The molecule has 22 heteroatoms. The van der Waals surface area contributed by atoms with E-state index in [1.54, 1.807) is 6.07 Å². The fourth-order valence-corrected chi connectivity index (χ4v) is 12.0. The summed E-state index contributed by atoms with van der Waals surface area (Å²) in [6, 6.07) is 46.1. The molecule has 85 heavy (non-hydrogen) atoms. The van der Waals surface area contributed by atoms with Gasteiger partial charge in [-0.2, -0.15) is 0 Å². The molecule has 0 atom stereocenters. The van der Waals surface area contributed by atoms with Crippen molar-refractivity contribution in [1.82, 2.24) is 19.5 Å². The predicted molar refractivity (Wildman–Crippen MR) is 288 cm³/mol. The molecule has 0 amide bonds. The molecule has 429 valence electrons. The van der Waals surface area contributed by atoms with Crippen LogP contribution in [0.15, 0.2) is 158 Å². The fraction of sp³-hybridized carbons (Fsp3) is 0.0159. The number of nitrogens with one attached hydrogen (secondary N) is 1. The maximum Gasteiger partial charge on any atom is 0 e. The molecule has 0 spiro atoms. The molecule has 1 aliphatic heterocycles. The zero-order chi connectivity index (χ0) is 59.8. The molecule has 0 aliphatic carbocycles. The molecule has 1 radical (unpaired) electrons. The molecule has 5 heterocycles. The van der Waals surface area contributed by atoms with Gasteiger partial charge in [0.1, 0.15) is 0 Å². The molecule has 1 aliphatic rings. The SMILES string of the molecule is Fc1c(F)c(F)c(-c2c3nc(c(-c4c(F)c(F)c(F)c(F)c4F)c4ccc(c(-c5c(F)c(F)c(F)c(F)c5F)c5ccc([n-]5)c5ccc2[nH]5)n4Cc2ccccc2)C=C3)c(F)c1F.[C-]#[O+].[Rh].c1ccc(P(c2ccccc2)c2ccccc2)cc1. The third-order valence-electron chi connectivity index (χ3n) is 13.4. The first kappa shape index (κ1) is 60.6. The Hall–Kier alpha value is -8.99. The first-order chi connectivity index (χ1) is 40.5. The van der Waals surface area contributed by atoms with E-state index in [-0.39, 0.29) is 36.1 Å². The zero-order valence-electron chi connectivity index (χ0n) is 42.6. The largest absolute Gasteiger partial charge is 0.0622 e. The summed E-state index contributed by atoms with van der Waals surface area (Å²) in [5.41, 5.74) is -11.4. The number of fused-ring (bicyclic) bond motifs is 9. The number of aromatic amines is 1. The van der Waals surface area contributed by atoms with Gasteiger partial charge in [-0.15, -0.1) is 11.0 Å². The van der Waals surface area contributed by atoms with Crippen LogP contribution < -0.4 is 20.9 Å². The average Bonchev–Trinajstić information content (AvgIpc) is 2.45. The van der Waals surface area contributed by atoms with Gasteiger partial charge in [0.05, 0.1) is 33.6 Å². The summed E-state index contributed by atoms with van der Waals surface area (Å²) in [6.45, 7) is 3.94. The molecule has 0 unspecified atom stereocenters. The number of hydrogen-bond donors (Lipinski definition) is 1. The van der Waals surface area contributed by atoms with Gasteiger partial charge in [-0.25, -0.2) is 70.8 Å². The monoisotopic (exact) mass is 1280 g/mol. The number of halogens is 15. The van der Waals surface area contributed by atoms with Crippen LogP contribution in [0.25, 0.3) is 78.6 Å². The Labute approximate surface area is 485 Å². The van der Waals surface area contributed by atoms with E-state index >= 15 is 43.9 Å². The van der Waals surface area contributed by atoms with Gasteiger partial charge in [0.15, 0.2) is 69.8 Å². The molecule has 11 aromatic rings. The maximum absolute atomic E-state index is 16.1. The molecule has 4 aromatic heterocycles. The topological polar surface area (TPSA) is 67.6 Å². The number of hydrogen-bond acceptors (Lipinski definition) is 1. The number of H-pyrrole nitrogens is 1. The maximum atomic E-state index is 16.1. The number of nitrogens with zero attached hydrogens (tertiary/aromatic N) is 3. The molecule has 0 fully saturated rings. The van der Waals surface area contributed by atoms with Crippen molar-refractivity contribution in [3.8, 4) is 33.4 Å². The van der Waals surface area contributed by atoms with Crippen molar-refractivity contribution in [2.75, 3.05) is 0 Å². The zero-order valence-corrected chi connectivity index (χ0v) is 45.1. The third-order valence-corrected chi connectivity index (χ3v) is 15.8. The van der Waals surface area contributed by atoms with Gasteiger partial charge in [-0.3, -0.25) is 0 Å². The standard InChI is InChI=1S/C44H16F15N4.C18H15P.CO.Rh/c45-30-27(31(46)37(52)42(57)36(30)51)24-18-8-6-16(60-18)17-7-9-20(61-17)25(28-32(47)38(53)43(58)39(54)33(28)48)22-12-13-23(63(22)14-15-4-2-1-3-5-15)26(21-11-10-19(24)62-21)29-34(49)40(55)44(59)41(56)35(29)50;1-4-10-16(11-5-1)19(17-12-6-2-7-13-17)18-14-8-3-9-15-18;1-2;/h1-13,60H,14H2;1-15H;;/q-1;;;. The number of benzene rings is 7. The summed E-state index contributed by atoms with van der Waals surface area (Å²) in [5, 5.41) is 4.19. The molecule has 1 N–H and O–H groups in total. The van der Waals surface area contributed by atoms with E-state index in [2.05, 4.69) is 113 Å².